The number of rotatable bonds is 5. The lowest BCUT2D eigenvalue weighted by Gasteiger charge is -2.21. The van der Waals surface area contributed by atoms with Crippen molar-refractivity contribution in [3.8, 4) is 0 Å². The van der Waals surface area contributed by atoms with E-state index in [1.54, 1.807) is 5.38 Å². The highest BCUT2D eigenvalue weighted by atomic mass is 32.1. The fraction of sp³-hybridized carbons (Fsp3) is 0.312. The number of anilines is 1. The van der Waals surface area contributed by atoms with Gasteiger partial charge in [0.2, 0.25) is 5.91 Å². The van der Waals surface area contributed by atoms with Crippen molar-refractivity contribution in [3.63, 3.8) is 0 Å². The third kappa shape index (κ3) is 3.51. The second-order valence-electron chi connectivity index (χ2n) is 5.37. The molecule has 1 aliphatic carbocycles. The highest BCUT2D eigenvalue weighted by Crippen LogP contribution is 2.30. The summed E-state index contributed by atoms with van der Waals surface area (Å²) in [7, 11) is 0. The van der Waals surface area contributed by atoms with Crippen LogP contribution in [0.15, 0.2) is 35.7 Å². The van der Waals surface area contributed by atoms with Crippen LogP contribution in [0.2, 0.25) is 0 Å². The summed E-state index contributed by atoms with van der Waals surface area (Å²) in [5.41, 5.74) is 1.51. The molecule has 2 aromatic rings. The number of carbonyl (C=O) groups excluding carboxylic acids is 2. The van der Waals surface area contributed by atoms with Crippen LogP contribution >= 0.6 is 11.3 Å². The summed E-state index contributed by atoms with van der Waals surface area (Å²) in [6, 6.07) is 10.3. The molecule has 2 amide bonds. The predicted octanol–water partition coefficient (Wildman–Crippen LogP) is 2.91. The first-order chi connectivity index (χ1) is 10.6. The van der Waals surface area contributed by atoms with Crippen LogP contribution in [0.25, 0.3) is 0 Å². The van der Waals surface area contributed by atoms with Crippen LogP contribution in [0.1, 0.15) is 35.8 Å². The molecular weight excluding hydrogens is 298 g/mol. The number of hydrogen-bond donors (Lipinski definition) is 1. The first-order valence-corrected chi connectivity index (χ1v) is 8.09. The number of hydrogen-bond acceptors (Lipinski definition) is 4. The maximum absolute atomic E-state index is 12.7. The molecule has 0 bridgehead atoms. The number of benzene rings is 1. The van der Waals surface area contributed by atoms with E-state index in [9.17, 15) is 9.59 Å². The van der Waals surface area contributed by atoms with Crippen LogP contribution in [0.3, 0.4) is 0 Å². The molecule has 5 nitrogen and oxygen atoms in total. The lowest BCUT2D eigenvalue weighted by molar-refractivity contribution is -0.114. The minimum atomic E-state index is -0.184. The molecule has 1 heterocycles. The molecule has 1 N–H and O–H groups in total. The Kier molecular flexibility index (Phi) is 4.20. The molecule has 6 heteroatoms. The van der Waals surface area contributed by atoms with Gasteiger partial charge >= 0.3 is 0 Å². The van der Waals surface area contributed by atoms with Gasteiger partial charge in [-0.15, -0.1) is 11.3 Å². The number of carbonyl (C=O) groups is 2. The summed E-state index contributed by atoms with van der Waals surface area (Å²) in [6.07, 6.45) is 2.09. The van der Waals surface area contributed by atoms with E-state index in [4.69, 9.17) is 0 Å². The predicted molar refractivity (Wildman–Crippen MR) is 85.8 cm³/mol. The number of nitrogens with zero attached hydrogens (tertiary/aromatic N) is 2. The molecule has 1 saturated carbocycles. The summed E-state index contributed by atoms with van der Waals surface area (Å²) in [5.74, 6) is -0.254. The molecular formula is C16H17N3O2S. The molecule has 0 spiro atoms. The summed E-state index contributed by atoms with van der Waals surface area (Å²) in [6.45, 7) is 2.02. The molecule has 0 saturated heterocycles. The summed E-state index contributed by atoms with van der Waals surface area (Å²) in [5, 5.41) is 4.78. The fourth-order valence-corrected chi connectivity index (χ4v) is 2.99. The highest BCUT2D eigenvalue weighted by Gasteiger charge is 2.34. The van der Waals surface area contributed by atoms with Gasteiger partial charge in [-0.05, 0) is 18.4 Å². The number of nitrogens with one attached hydrogen (secondary N) is 1. The first-order valence-electron chi connectivity index (χ1n) is 7.21. The molecule has 22 heavy (non-hydrogen) atoms. The second kappa shape index (κ2) is 6.27. The minimum absolute atomic E-state index is 0.0702. The number of aromatic nitrogens is 1. The lowest BCUT2D eigenvalue weighted by atomic mass is 10.2. The van der Waals surface area contributed by atoms with Gasteiger partial charge in [0.1, 0.15) is 5.69 Å². The topological polar surface area (TPSA) is 62.3 Å². The zero-order valence-corrected chi connectivity index (χ0v) is 13.1. The maximum Gasteiger partial charge on any atom is 0.273 e. The average molecular weight is 315 g/mol. The molecule has 1 aromatic heterocycles. The zero-order valence-electron chi connectivity index (χ0n) is 12.3. The minimum Gasteiger partial charge on any atom is -0.330 e. The van der Waals surface area contributed by atoms with Crippen molar-refractivity contribution in [2.45, 2.75) is 32.4 Å². The van der Waals surface area contributed by atoms with E-state index >= 15 is 0 Å². The zero-order chi connectivity index (χ0) is 15.5. The molecule has 3 rings (SSSR count). The van der Waals surface area contributed by atoms with Gasteiger partial charge in [0.25, 0.3) is 5.91 Å². The van der Waals surface area contributed by atoms with Gasteiger partial charge in [-0.1, -0.05) is 30.3 Å². The molecule has 1 aliphatic rings. The van der Waals surface area contributed by atoms with Gasteiger partial charge in [-0.3, -0.25) is 9.59 Å². The van der Waals surface area contributed by atoms with Gasteiger partial charge in [0.15, 0.2) is 5.13 Å². The maximum atomic E-state index is 12.7. The molecule has 1 fully saturated rings. The summed E-state index contributed by atoms with van der Waals surface area (Å²) < 4.78 is 0. The molecule has 0 atom stereocenters. The van der Waals surface area contributed by atoms with Crippen LogP contribution in [-0.2, 0) is 11.3 Å². The Morgan fingerprint density at radius 2 is 2.05 bits per heavy atom. The van der Waals surface area contributed by atoms with Gasteiger partial charge in [0, 0.05) is 24.9 Å². The Bertz CT molecular complexity index is 680. The van der Waals surface area contributed by atoms with Crippen LogP contribution in [0.5, 0.6) is 0 Å². The van der Waals surface area contributed by atoms with Crippen molar-refractivity contribution in [3.05, 3.63) is 47.0 Å². The monoisotopic (exact) mass is 315 g/mol. The van der Waals surface area contributed by atoms with Gasteiger partial charge < -0.3 is 10.2 Å². The van der Waals surface area contributed by atoms with E-state index in [1.165, 1.54) is 18.3 Å². The van der Waals surface area contributed by atoms with Crippen molar-refractivity contribution in [1.82, 2.24) is 9.88 Å². The number of amides is 2. The molecule has 114 valence electrons. The first kappa shape index (κ1) is 14.7. The van der Waals surface area contributed by atoms with Crippen LogP contribution in [-0.4, -0.2) is 27.7 Å². The van der Waals surface area contributed by atoms with Gasteiger partial charge in [-0.25, -0.2) is 4.98 Å². The second-order valence-corrected chi connectivity index (χ2v) is 6.23. The van der Waals surface area contributed by atoms with Crippen molar-refractivity contribution in [1.29, 1.82) is 0 Å². The lowest BCUT2D eigenvalue weighted by Crippen LogP contribution is -2.32. The summed E-state index contributed by atoms with van der Waals surface area (Å²) >= 11 is 1.27. The largest absolute Gasteiger partial charge is 0.330 e. The Morgan fingerprint density at radius 3 is 2.68 bits per heavy atom. The van der Waals surface area contributed by atoms with Crippen molar-refractivity contribution >= 4 is 28.3 Å². The van der Waals surface area contributed by atoms with E-state index in [0.717, 1.165) is 18.4 Å². The molecule has 1 aromatic carbocycles. The van der Waals surface area contributed by atoms with E-state index in [0.29, 0.717) is 23.4 Å². The van der Waals surface area contributed by atoms with Gasteiger partial charge in [-0.2, -0.15) is 0 Å². The van der Waals surface area contributed by atoms with Crippen LogP contribution < -0.4 is 5.32 Å². The highest BCUT2D eigenvalue weighted by molar-refractivity contribution is 7.14. The SMILES string of the molecule is CC(=O)Nc1nc(C(=O)N(Cc2ccccc2)C2CC2)cs1. The van der Waals surface area contributed by atoms with E-state index < -0.39 is 0 Å². The van der Waals surface area contributed by atoms with Crippen molar-refractivity contribution in [2.24, 2.45) is 0 Å². The van der Waals surface area contributed by atoms with Crippen LogP contribution in [0, 0.1) is 0 Å². The van der Waals surface area contributed by atoms with Crippen molar-refractivity contribution in [2.75, 3.05) is 5.32 Å². The third-order valence-electron chi connectivity index (χ3n) is 3.45. The standard InChI is InChI=1S/C16H17N3O2S/c1-11(20)17-16-18-14(10-22-16)15(21)19(13-7-8-13)9-12-5-3-2-4-6-12/h2-6,10,13H,7-9H2,1H3,(H,17,18,20). The average Bonchev–Trinajstić information content (AvgIpc) is 3.24. The number of thiazole rings is 1. The van der Waals surface area contributed by atoms with E-state index in [2.05, 4.69) is 10.3 Å². The van der Waals surface area contributed by atoms with Gasteiger partial charge in [0.05, 0.1) is 0 Å². The van der Waals surface area contributed by atoms with E-state index in [1.807, 2.05) is 35.2 Å². The summed E-state index contributed by atoms with van der Waals surface area (Å²) in [4.78, 5) is 29.8. The Hall–Kier alpha value is -2.21. The Labute approximate surface area is 133 Å². The molecule has 0 unspecified atom stereocenters. The molecule has 0 radical (unpaired) electrons. The fourth-order valence-electron chi connectivity index (χ4n) is 2.26. The Balaban J connectivity index is 1.75. The smallest absolute Gasteiger partial charge is 0.273 e. The van der Waals surface area contributed by atoms with Crippen LogP contribution in [0.4, 0.5) is 5.13 Å². The van der Waals surface area contributed by atoms with Crippen molar-refractivity contribution < 1.29 is 9.59 Å². The Morgan fingerprint density at radius 1 is 1.32 bits per heavy atom. The normalized spacial score (nSPS) is 13.7. The third-order valence-corrected chi connectivity index (χ3v) is 4.21. The molecule has 0 aliphatic heterocycles. The van der Waals surface area contributed by atoms with E-state index in [-0.39, 0.29) is 11.8 Å². The quantitative estimate of drug-likeness (QED) is 0.923.